The van der Waals surface area contributed by atoms with Gasteiger partial charge < -0.3 is 13.9 Å². The van der Waals surface area contributed by atoms with Crippen LogP contribution in [0.25, 0.3) is 11.5 Å². The van der Waals surface area contributed by atoms with E-state index in [0.29, 0.717) is 16.9 Å². The summed E-state index contributed by atoms with van der Waals surface area (Å²) in [5.74, 6) is 1.83. The van der Waals surface area contributed by atoms with Crippen LogP contribution in [0.5, 0.6) is 11.5 Å². The van der Waals surface area contributed by atoms with Crippen molar-refractivity contribution in [3.8, 4) is 23.0 Å². The molecule has 0 spiro atoms. The summed E-state index contributed by atoms with van der Waals surface area (Å²) in [6.45, 7) is -1.31. The Balaban J connectivity index is 1.55. The van der Waals surface area contributed by atoms with Crippen LogP contribution < -0.4 is 9.47 Å². The van der Waals surface area contributed by atoms with E-state index in [4.69, 9.17) is 9.15 Å². The van der Waals surface area contributed by atoms with E-state index in [1.165, 1.54) is 23.9 Å². The molecule has 1 aromatic heterocycles. The normalized spacial score (nSPS) is 11.4. The molecule has 0 radical (unpaired) electrons. The molecule has 0 saturated carbocycles. The molecule has 5 nitrogen and oxygen atoms in total. The molecule has 0 N–H and O–H groups in total. The van der Waals surface area contributed by atoms with Gasteiger partial charge in [0.25, 0.3) is 5.22 Å². The molecular formula is C18H15F3N2O3S. The van der Waals surface area contributed by atoms with Crippen molar-refractivity contribution in [1.29, 1.82) is 0 Å². The molecular weight excluding hydrogens is 381 g/mol. The molecule has 0 bridgehead atoms. The summed E-state index contributed by atoms with van der Waals surface area (Å²) in [7, 11) is 1.59. The fraction of sp³-hybridized carbons (Fsp3) is 0.222. The third-order valence-corrected chi connectivity index (χ3v) is 4.32. The second-order valence-electron chi connectivity index (χ2n) is 5.44. The summed E-state index contributed by atoms with van der Waals surface area (Å²) in [4.78, 5) is 0. The number of alkyl halides is 3. The number of thioether (sulfide) groups is 1. The van der Waals surface area contributed by atoms with Crippen LogP contribution in [0.15, 0.2) is 58.2 Å². The largest absolute Gasteiger partial charge is 0.497 e. The van der Waals surface area contributed by atoms with Crippen LogP contribution in [0.1, 0.15) is 5.56 Å². The van der Waals surface area contributed by atoms with Gasteiger partial charge in [-0.15, -0.1) is 10.2 Å². The van der Waals surface area contributed by atoms with Crippen molar-refractivity contribution in [1.82, 2.24) is 10.2 Å². The maximum Gasteiger partial charge on any atom is 0.422 e. The van der Waals surface area contributed by atoms with Gasteiger partial charge in [-0.2, -0.15) is 13.2 Å². The average molecular weight is 396 g/mol. The number of halogens is 3. The Morgan fingerprint density at radius 2 is 1.63 bits per heavy atom. The number of hydrogen-bond donors (Lipinski definition) is 0. The Kier molecular flexibility index (Phi) is 5.90. The van der Waals surface area contributed by atoms with E-state index in [1.54, 1.807) is 31.4 Å². The van der Waals surface area contributed by atoms with Crippen molar-refractivity contribution in [2.75, 3.05) is 13.7 Å². The van der Waals surface area contributed by atoms with E-state index in [1.807, 2.05) is 12.1 Å². The van der Waals surface area contributed by atoms with Crippen molar-refractivity contribution in [3.63, 3.8) is 0 Å². The number of methoxy groups -OCH3 is 1. The van der Waals surface area contributed by atoms with Crippen molar-refractivity contribution in [2.45, 2.75) is 17.2 Å². The van der Waals surface area contributed by atoms with Crippen LogP contribution in [0.3, 0.4) is 0 Å². The van der Waals surface area contributed by atoms with E-state index in [-0.39, 0.29) is 5.75 Å². The molecule has 27 heavy (non-hydrogen) atoms. The zero-order valence-corrected chi connectivity index (χ0v) is 15.0. The SMILES string of the molecule is COc1ccc(-c2nnc(SCc3ccc(OCC(F)(F)F)cc3)o2)cc1. The molecule has 1 heterocycles. The summed E-state index contributed by atoms with van der Waals surface area (Å²) < 4.78 is 51.8. The minimum absolute atomic E-state index is 0.167. The van der Waals surface area contributed by atoms with E-state index in [0.717, 1.165) is 16.9 Å². The van der Waals surface area contributed by atoms with Crippen LogP contribution in [0, 0.1) is 0 Å². The van der Waals surface area contributed by atoms with Gasteiger partial charge in [0.2, 0.25) is 5.89 Å². The topological polar surface area (TPSA) is 57.4 Å². The summed E-state index contributed by atoms with van der Waals surface area (Å²) in [6, 6.07) is 13.6. The fourth-order valence-corrected chi connectivity index (χ4v) is 2.83. The number of aromatic nitrogens is 2. The third-order valence-electron chi connectivity index (χ3n) is 3.43. The first kappa shape index (κ1) is 19.1. The highest BCUT2D eigenvalue weighted by atomic mass is 32.2. The minimum atomic E-state index is -4.35. The molecule has 0 aliphatic heterocycles. The predicted molar refractivity (Wildman–Crippen MR) is 93.8 cm³/mol. The molecule has 9 heteroatoms. The lowest BCUT2D eigenvalue weighted by Crippen LogP contribution is -2.19. The first-order valence-electron chi connectivity index (χ1n) is 7.82. The predicted octanol–water partition coefficient (Wildman–Crippen LogP) is 4.98. The Morgan fingerprint density at radius 1 is 0.963 bits per heavy atom. The van der Waals surface area contributed by atoms with E-state index < -0.39 is 12.8 Å². The molecule has 0 atom stereocenters. The summed E-state index contributed by atoms with van der Waals surface area (Å²) in [5, 5.41) is 8.40. The summed E-state index contributed by atoms with van der Waals surface area (Å²) >= 11 is 1.33. The standard InChI is InChI=1S/C18H15F3N2O3S/c1-24-14-8-4-13(5-9-14)16-22-23-17(26-16)27-10-12-2-6-15(7-3-12)25-11-18(19,20)21/h2-9H,10-11H2,1H3. The average Bonchev–Trinajstić information content (AvgIpc) is 3.14. The molecule has 0 amide bonds. The number of hydrogen-bond acceptors (Lipinski definition) is 6. The lowest BCUT2D eigenvalue weighted by molar-refractivity contribution is -0.153. The van der Waals surface area contributed by atoms with Gasteiger partial charge >= 0.3 is 6.18 Å². The molecule has 2 aromatic carbocycles. The van der Waals surface area contributed by atoms with Crippen LogP contribution in [0.4, 0.5) is 13.2 Å². The summed E-state index contributed by atoms with van der Waals surface area (Å²) in [6.07, 6.45) is -4.35. The van der Waals surface area contributed by atoms with Gasteiger partial charge in [0, 0.05) is 11.3 Å². The zero-order chi connectivity index (χ0) is 19.3. The highest BCUT2D eigenvalue weighted by Gasteiger charge is 2.28. The van der Waals surface area contributed by atoms with Crippen LogP contribution in [-0.2, 0) is 5.75 Å². The summed E-state index contributed by atoms with van der Waals surface area (Å²) in [5.41, 5.74) is 1.67. The van der Waals surface area contributed by atoms with Gasteiger partial charge in [-0.3, -0.25) is 0 Å². The van der Waals surface area contributed by atoms with Crippen LogP contribution >= 0.6 is 11.8 Å². The monoisotopic (exact) mass is 396 g/mol. The third kappa shape index (κ3) is 5.65. The van der Waals surface area contributed by atoms with Crippen molar-refractivity contribution in [2.24, 2.45) is 0 Å². The highest BCUT2D eigenvalue weighted by Crippen LogP contribution is 2.27. The second-order valence-corrected chi connectivity index (χ2v) is 6.36. The molecule has 0 saturated heterocycles. The molecule has 0 unspecified atom stereocenters. The molecule has 3 rings (SSSR count). The van der Waals surface area contributed by atoms with Gasteiger partial charge in [0.05, 0.1) is 7.11 Å². The second kappa shape index (κ2) is 8.34. The Bertz CT molecular complexity index is 865. The quantitative estimate of drug-likeness (QED) is 0.525. The Hall–Kier alpha value is -2.68. The number of ether oxygens (including phenoxy) is 2. The van der Waals surface area contributed by atoms with E-state index >= 15 is 0 Å². The van der Waals surface area contributed by atoms with Gasteiger partial charge in [0.15, 0.2) is 6.61 Å². The van der Waals surface area contributed by atoms with E-state index in [9.17, 15) is 13.2 Å². The van der Waals surface area contributed by atoms with Crippen LogP contribution in [-0.4, -0.2) is 30.1 Å². The number of benzene rings is 2. The maximum atomic E-state index is 12.1. The highest BCUT2D eigenvalue weighted by molar-refractivity contribution is 7.98. The first-order valence-corrected chi connectivity index (χ1v) is 8.81. The smallest absolute Gasteiger partial charge is 0.422 e. The maximum absolute atomic E-state index is 12.1. The zero-order valence-electron chi connectivity index (χ0n) is 14.2. The van der Waals surface area contributed by atoms with Crippen LogP contribution in [0.2, 0.25) is 0 Å². The Labute approximate surface area is 157 Å². The van der Waals surface area contributed by atoms with Crippen molar-refractivity contribution >= 4 is 11.8 Å². The first-order chi connectivity index (χ1) is 12.9. The van der Waals surface area contributed by atoms with Gasteiger partial charge in [-0.05, 0) is 42.0 Å². The number of nitrogens with zero attached hydrogens (tertiary/aromatic N) is 2. The molecule has 3 aromatic rings. The fourth-order valence-electron chi connectivity index (χ4n) is 2.11. The van der Waals surface area contributed by atoms with Gasteiger partial charge in [-0.25, -0.2) is 0 Å². The molecule has 0 aliphatic rings. The molecule has 0 fully saturated rings. The minimum Gasteiger partial charge on any atom is -0.497 e. The van der Waals surface area contributed by atoms with Crippen molar-refractivity contribution in [3.05, 3.63) is 54.1 Å². The van der Waals surface area contributed by atoms with Gasteiger partial charge in [-0.1, -0.05) is 23.9 Å². The van der Waals surface area contributed by atoms with Crippen molar-refractivity contribution < 1.29 is 27.1 Å². The Morgan fingerprint density at radius 3 is 2.26 bits per heavy atom. The van der Waals surface area contributed by atoms with Gasteiger partial charge in [0.1, 0.15) is 11.5 Å². The number of rotatable bonds is 7. The lowest BCUT2D eigenvalue weighted by Gasteiger charge is -2.09. The molecule has 0 aliphatic carbocycles. The molecule has 142 valence electrons. The lowest BCUT2D eigenvalue weighted by atomic mass is 10.2. The van der Waals surface area contributed by atoms with E-state index in [2.05, 4.69) is 14.9 Å².